The van der Waals surface area contributed by atoms with Crippen LogP contribution in [0.3, 0.4) is 0 Å². The molecule has 1 aliphatic heterocycles. The molecule has 0 aromatic carbocycles. The van der Waals surface area contributed by atoms with Gasteiger partial charge in [-0.25, -0.2) is 4.99 Å². The number of ether oxygens (including phenoxy) is 1. The molecule has 4 rings (SSSR count). The van der Waals surface area contributed by atoms with E-state index >= 15 is 0 Å². The Morgan fingerprint density at radius 2 is 2.07 bits per heavy atom. The van der Waals surface area contributed by atoms with Crippen molar-refractivity contribution in [2.24, 2.45) is 16.3 Å². The monoisotopic (exact) mass is 488 g/mol. The molecule has 3 atom stereocenters. The molecule has 2 N–H and O–H groups in total. The highest BCUT2D eigenvalue weighted by atomic mass is 127. The average Bonchev–Trinajstić information content (AvgIpc) is 3.20. The highest BCUT2D eigenvalue weighted by molar-refractivity contribution is 14.0. The zero-order valence-electron chi connectivity index (χ0n) is 16.7. The number of rotatable bonds is 6. The Hall–Kier alpha value is -0.830. The summed E-state index contributed by atoms with van der Waals surface area (Å²) >= 11 is 0. The van der Waals surface area contributed by atoms with Gasteiger partial charge in [-0.2, -0.15) is 0 Å². The van der Waals surface area contributed by atoms with Crippen LogP contribution in [0.25, 0.3) is 0 Å². The second-order valence-corrected chi connectivity index (χ2v) is 7.89. The Balaban J connectivity index is 0.00000210. The number of hydrogen-bond acceptors (Lipinski definition) is 4. The van der Waals surface area contributed by atoms with Gasteiger partial charge in [0.1, 0.15) is 5.76 Å². The number of nitrogens with zero attached hydrogens (tertiary/aromatic N) is 2. The van der Waals surface area contributed by atoms with Crippen LogP contribution in [0, 0.1) is 11.3 Å². The van der Waals surface area contributed by atoms with E-state index in [-0.39, 0.29) is 24.0 Å². The molecule has 7 heteroatoms. The molecule has 2 heterocycles. The van der Waals surface area contributed by atoms with Crippen molar-refractivity contribution in [1.82, 2.24) is 15.8 Å². The van der Waals surface area contributed by atoms with Crippen molar-refractivity contribution < 1.29 is 9.26 Å². The zero-order chi connectivity index (χ0) is 18.1. The minimum Gasteiger partial charge on any atom is -0.377 e. The standard InChI is InChI=1S/C20H32N4O2.HI/c1-4-15-14(16(5-2)26-24-15)12-22-19(21-6-3)23-17-13-8-11-25-18(13)20(17)9-7-10-20;/h13,17-18H,4-12H2,1-3H3,(H2,21,22,23);1H. The van der Waals surface area contributed by atoms with E-state index in [0.29, 0.717) is 30.0 Å². The molecule has 1 aromatic rings. The van der Waals surface area contributed by atoms with Gasteiger partial charge in [-0.1, -0.05) is 25.4 Å². The van der Waals surface area contributed by atoms with Crippen LogP contribution in [0.15, 0.2) is 9.52 Å². The van der Waals surface area contributed by atoms with E-state index in [1.165, 1.54) is 25.7 Å². The lowest BCUT2D eigenvalue weighted by Crippen LogP contribution is -2.72. The molecule has 27 heavy (non-hydrogen) atoms. The second kappa shape index (κ2) is 8.68. The summed E-state index contributed by atoms with van der Waals surface area (Å²) in [6.45, 7) is 8.74. The molecule has 1 aromatic heterocycles. The lowest BCUT2D eigenvalue weighted by molar-refractivity contribution is -0.171. The van der Waals surface area contributed by atoms with Crippen molar-refractivity contribution in [1.29, 1.82) is 0 Å². The maximum absolute atomic E-state index is 6.04. The van der Waals surface area contributed by atoms with Gasteiger partial charge in [0.05, 0.1) is 18.3 Å². The summed E-state index contributed by atoms with van der Waals surface area (Å²) in [6.07, 6.45) is 7.30. The molecule has 3 aliphatic rings. The minimum absolute atomic E-state index is 0. The van der Waals surface area contributed by atoms with Gasteiger partial charge < -0.3 is 19.9 Å². The van der Waals surface area contributed by atoms with Crippen molar-refractivity contribution in [3.8, 4) is 0 Å². The van der Waals surface area contributed by atoms with E-state index in [1.807, 2.05) is 0 Å². The Labute approximate surface area is 179 Å². The third kappa shape index (κ3) is 3.50. The fraction of sp³-hybridized carbons (Fsp3) is 0.800. The van der Waals surface area contributed by atoms with Crippen molar-refractivity contribution in [3.63, 3.8) is 0 Å². The van der Waals surface area contributed by atoms with Crippen LogP contribution < -0.4 is 10.6 Å². The highest BCUT2D eigenvalue weighted by Gasteiger charge is 2.66. The normalized spacial score (nSPS) is 28.1. The smallest absolute Gasteiger partial charge is 0.191 e. The van der Waals surface area contributed by atoms with Gasteiger partial charge in [-0.3, -0.25) is 0 Å². The third-order valence-corrected chi connectivity index (χ3v) is 6.67. The molecule has 0 radical (unpaired) electrons. The topological polar surface area (TPSA) is 71.7 Å². The molecule has 0 bridgehead atoms. The summed E-state index contributed by atoms with van der Waals surface area (Å²) in [4.78, 5) is 4.89. The molecule has 2 aliphatic carbocycles. The number of fused-ring (bicyclic) bond motifs is 2. The molecular weight excluding hydrogens is 455 g/mol. The van der Waals surface area contributed by atoms with Crippen molar-refractivity contribution in [2.45, 2.75) is 78.0 Å². The molecule has 152 valence electrons. The van der Waals surface area contributed by atoms with E-state index in [0.717, 1.165) is 49.0 Å². The summed E-state index contributed by atoms with van der Waals surface area (Å²) in [5.74, 6) is 2.52. The maximum Gasteiger partial charge on any atom is 0.191 e. The second-order valence-electron chi connectivity index (χ2n) is 7.89. The van der Waals surface area contributed by atoms with Crippen molar-refractivity contribution >= 4 is 29.9 Å². The van der Waals surface area contributed by atoms with E-state index in [2.05, 4.69) is 36.6 Å². The van der Waals surface area contributed by atoms with E-state index in [4.69, 9.17) is 14.3 Å². The van der Waals surface area contributed by atoms with Crippen molar-refractivity contribution in [2.75, 3.05) is 13.2 Å². The number of aliphatic imine (C=N–C) groups is 1. The quantitative estimate of drug-likeness (QED) is 0.365. The molecule has 1 spiro atoms. The number of aryl methyl sites for hydroxylation is 2. The van der Waals surface area contributed by atoms with Crippen LogP contribution in [-0.4, -0.2) is 36.4 Å². The Kier molecular flexibility index (Phi) is 6.71. The number of aromatic nitrogens is 1. The van der Waals surface area contributed by atoms with Crippen LogP contribution in [0.2, 0.25) is 0 Å². The first-order valence-electron chi connectivity index (χ1n) is 10.4. The molecule has 6 nitrogen and oxygen atoms in total. The van der Waals surface area contributed by atoms with Gasteiger partial charge in [0.25, 0.3) is 0 Å². The summed E-state index contributed by atoms with van der Waals surface area (Å²) in [5.41, 5.74) is 2.55. The van der Waals surface area contributed by atoms with E-state index in [9.17, 15) is 0 Å². The van der Waals surface area contributed by atoms with Gasteiger partial charge >= 0.3 is 0 Å². The van der Waals surface area contributed by atoms with Gasteiger partial charge in [-0.05, 0) is 32.6 Å². The van der Waals surface area contributed by atoms with E-state index in [1.54, 1.807) is 0 Å². The first kappa shape index (κ1) is 20.9. The van der Waals surface area contributed by atoms with Gasteiger partial charge in [0, 0.05) is 42.5 Å². The fourth-order valence-electron chi connectivity index (χ4n) is 5.20. The largest absolute Gasteiger partial charge is 0.377 e. The minimum atomic E-state index is 0. The summed E-state index contributed by atoms with van der Waals surface area (Å²) in [7, 11) is 0. The van der Waals surface area contributed by atoms with Crippen LogP contribution in [0.4, 0.5) is 0 Å². The highest BCUT2D eigenvalue weighted by Crippen LogP contribution is 2.62. The number of guanidine groups is 1. The lowest BCUT2D eigenvalue weighted by atomic mass is 9.46. The SMILES string of the molecule is CCNC(=NCc1c(CC)noc1CC)NC1C2CCOC2C12CCC2.I. The summed E-state index contributed by atoms with van der Waals surface area (Å²) in [5, 5.41) is 11.4. The zero-order valence-corrected chi connectivity index (χ0v) is 19.0. The maximum atomic E-state index is 6.04. The Morgan fingerprint density at radius 3 is 2.70 bits per heavy atom. The lowest BCUT2D eigenvalue weighted by Gasteiger charge is -2.63. The first-order chi connectivity index (χ1) is 12.7. The average molecular weight is 488 g/mol. The van der Waals surface area contributed by atoms with Crippen LogP contribution in [-0.2, 0) is 24.1 Å². The van der Waals surface area contributed by atoms with Crippen LogP contribution >= 0.6 is 24.0 Å². The summed E-state index contributed by atoms with van der Waals surface area (Å²) in [6, 6.07) is 0.500. The number of hydrogen-bond donors (Lipinski definition) is 2. The molecule has 0 amide bonds. The fourth-order valence-corrected chi connectivity index (χ4v) is 5.20. The van der Waals surface area contributed by atoms with Gasteiger partial charge in [0.15, 0.2) is 5.96 Å². The molecule has 2 saturated carbocycles. The Morgan fingerprint density at radius 1 is 1.26 bits per heavy atom. The van der Waals surface area contributed by atoms with Gasteiger partial charge in [0.2, 0.25) is 0 Å². The van der Waals surface area contributed by atoms with Crippen LogP contribution in [0.1, 0.15) is 63.5 Å². The number of nitrogens with one attached hydrogen (secondary N) is 2. The molecule has 1 saturated heterocycles. The number of halogens is 1. The molecular formula is C20H33IN4O2. The summed E-state index contributed by atoms with van der Waals surface area (Å²) < 4.78 is 11.5. The predicted molar refractivity (Wildman–Crippen MR) is 117 cm³/mol. The molecule has 3 unspecified atom stereocenters. The van der Waals surface area contributed by atoms with Crippen molar-refractivity contribution in [3.05, 3.63) is 17.0 Å². The van der Waals surface area contributed by atoms with Gasteiger partial charge in [-0.15, -0.1) is 24.0 Å². The predicted octanol–water partition coefficient (Wildman–Crippen LogP) is 3.43. The van der Waals surface area contributed by atoms with E-state index < -0.39 is 0 Å². The Bertz CT molecular complexity index is 649. The van der Waals surface area contributed by atoms with Crippen LogP contribution in [0.5, 0.6) is 0 Å². The molecule has 3 fully saturated rings. The third-order valence-electron chi connectivity index (χ3n) is 6.67. The first-order valence-corrected chi connectivity index (χ1v) is 10.4.